The van der Waals surface area contributed by atoms with Gasteiger partial charge in [-0.25, -0.2) is 4.39 Å². The van der Waals surface area contributed by atoms with Crippen LogP contribution in [0, 0.1) is 21.8 Å². The number of hydrogen-bond acceptors (Lipinski definition) is 4. The molecule has 0 radical (unpaired) electrons. The fourth-order valence-corrected chi connectivity index (χ4v) is 1.56. The fraction of sp³-hybridized carbons (Fsp3) is 0.500. The highest BCUT2D eigenvalue weighted by atomic mass is 19.1. The van der Waals surface area contributed by atoms with E-state index in [1.165, 1.54) is 12.1 Å². The molecule has 0 spiro atoms. The number of aliphatic hydroxyl groups is 1. The van der Waals surface area contributed by atoms with E-state index < -0.39 is 10.7 Å². The van der Waals surface area contributed by atoms with Crippen molar-refractivity contribution in [3.8, 4) is 0 Å². The van der Waals surface area contributed by atoms with Crippen molar-refractivity contribution in [1.29, 1.82) is 0 Å². The third-order valence-corrected chi connectivity index (χ3v) is 2.61. The van der Waals surface area contributed by atoms with Crippen molar-refractivity contribution in [2.75, 3.05) is 18.5 Å². The van der Waals surface area contributed by atoms with Crippen molar-refractivity contribution in [3.05, 3.63) is 34.1 Å². The molecular formula is C12H17FN2O3. The minimum absolute atomic E-state index is 0.144. The Hall–Kier alpha value is -1.69. The lowest BCUT2D eigenvalue weighted by Crippen LogP contribution is -2.07. The van der Waals surface area contributed by atoms with E-state index in [0.717, 1.165) is 18.9 Å². The lowest BCUT2D eigenvalue weighted by molar-refractivity contribution is -0.385. The molecule has 5 nitrogen and oxygen atoms in total. The molecule has 0 amide bonds. The SMILES string of the molecule is CC(CO)CCCNc1cc(F)cc([N+](=O)[O-])c1. The van der Waals surface area contributed by atoms with Gasteiger partial charge in [0.1, 0.15) is 5.82 Å². The summed E-state index contributed by atoms with van der Waals surface area (Å²) in [5, 5.41) is 22.3. The second-order valence-corrected chi connectivity index (χ2v) is 4.31. The summed E-state index contributed by atoms with van der Waals surface area (Å²) in [7, 11) is 0. The zero-order valence-corrected chi connectivity index (χ0v) is 10.2. The van der Waals surface area contributed by atoms with Gasteiger partial charge in [-0.2, -0.15) is 0 Å². The monoisotopic (exact) mass is 256 g/mol. The highest BCUT2D eigenvalue weighted by Gasteiger charge is 2.09. The number of nitrogens with zero attached hydrogens (tertiary/aromatic N) is 1. The van der Waals surface area contributed by atoms with Gasteiger partial charge in [-0.15, -0.1) is 0 Å². The molecule has 0 aliphatic heterocycles. The van der Waals surface area contributed by atoms with E-state index >= 15 is 0 Å². The normalized spacial score (nSPS) is 12.2. The number of anilines is 1. The second kappa shape index (κ2) is 6.90. The van der Waals surface area contributed by atoms with Gasteiger partial charge in [0.15, 0.2) is 0 Å². The van der Waals surface area contributed by atoms with Crippen LogP contribution in [0.25, 0.3) is 0 Å². The van der Waals surface area contributed by atoms with Crippen molar-refractivity contribution >= 4 is 11.4 Å². The molecule has 1 aromatic carbocycles. The Kier molecular flexibility index (Phi) is 5.51. The highest BCUT2D eigenvalue weighted by Crippen LogP contribution is 2.20. The molecule has 1 unspecified atom stereocenters. The smallest absolute Gasteiger partial charge is 0.274 e. The molecule has 2 N–H and O–H groups in total. The predicted octanol–water partition coefficient (Wildman–Crippen LogP) is 2.55. The standard InChI is InChI=1S/C12H17FN2O3/c1-9(8-16)3-2-4-14-11-5-10(13)6-12(7-11)15(17)18/h5-7,9,14,16H,2-4,8H2,1H3. The highest BCUT2D eigenvalue weighted by molar-refractivity contribution is 5.51. The van der Waals surface area contributed by atoms with E-state index in [-0.39, 0.29) is 18.2 Å². The van der Waals surface area contributed by atoms with Crippen LogP contribution in [0.3, 0.4) is 0 Å². The Morgan fingerprint density at radius 3 is 2.83 bits per heavy atom. The molecule has 1 aromatic rings. The molecule has 1 rings (SSSR count). The number of hydrogen-bond donors (Lipinski definition) is 2. The van der Waals surface area contributed by atoms with Gasteiger partial charge in [0.05, 0.1) is 11.0 Å². The summed E-state index contributed by atoms with van der Waals surface area (Å²) in [6.07, 6.45) is 1.66. The van der Waals surface area contributed by atoms with Crippen molar-refractivity contribution < 1.29 is 14.4 Å². The minimum atomic E-state index is -0.629. The minimum Gasteiger partial charge on any atom is -0.396 e. The topological polar surface area (TPSA) is 75.4 Å². The zero-order valence-electron chi connectivity index (χ0n) is 10.2. The predicted molar refractivity (Wildman–Crippen MR) is 67.0 cm³/mol. The molecule has 0 fully saturated rings. The molecule has 18 heavy (non-hydrogen) atoms. The molecule has 0 aliphatic rings. The maximum Gasteiger partial charge on any atom is 0.274 e. The van der Waals surface area contributed by atoms with Gasteiger partial charge < -0.3 is 10.4 Å². The molecule has 0 aliphatic carbocycles. The molecule has 100 valence electrons. The first kappa shape index (κ1) is 14.4. The van der Waals surface area contributed by atoms with Gasteiger partial charge in [0.25, 0.3) is 5.69 Å². The number of aliphatic hydroxyl groups excluding tert-OH is 1. The quantitative estimate of drug-likeness (QED) is 0.446. The second-order valence-electron chi connectivity index (χ2n) is 4.31. The van der Waals surface area contributed by atoms with E-state index in [4.69, 9.17) is 5.11 Å². The number of nitrogens with one attached hydrogen (secondary N) is 1. The van der Waals surface area contributed by atoms with E-state index in [0.29, 0.717) is 12.2 Å². The van der Waals surface area contributed by atoms with Crippen LogP contribution in [0.2, 0.25) is 0 Å². The zero-order chi connectivity index (χ0) is 13.5. The van der Waals surface area contributed by atoms with Crippen LogP contribution in [0.15, 0.2) is 18.2 Å². The Bertz CT molecular complexity index is 412. The van der Waals surface area contributed by atoms with Crippen LogP contribution in [0.5, 0.6) is 0 Å². The average molecular weight is 256 g/mol. The van der Waals surface area contributed by atoms with Crippen LogP contribution >= 0.6 is 0 Å². The summed E-state index contributed by atoms with van der Waals surface area (Å²) in [6, 6.07) is 3.42. The number of benzene rings is 1. The maximum absolute atomic E-state index is 13.1. The van der Waals surface area contributed by atoms with Crippen LogP contribution in [0.1, 0.15) is 19.8 Å². The van der Waals surface area contributed by atoms with Crippen molar-refractivity contribution in [3.63, 3.8) is 0 Å². The van der Waals surface area contributed by atoms with Gasteiger partial charge in [-0.3, -0.25) is 10.1 Å². The first-order chi connectivity index (χ1) is 8.52. The molecule has 1 atom stereocenters. The van der Waals surface area contributed by atoms with Gasteiger partial charge in [-0.05, 0) is 24.8 Å². The number of nitro groups is 1. The van der Waals surface area contributed by atoms with E-state index in [9.17, 15) is 14.5 Å². The molecule has 0 saturated heterocycles. The van der Waals surface area contributed by atoms with Crippen molar-refractivity contribution in [2.45, 2.75) is 19.8 Å². The Balaban J connectivity index is 2.49. The summed E-state index contributed by atoms with van der Waals surface area (Å²) in [5.41, 5.74) is 0.138. The summed E-state index contributed by atoms with van der Waals surface area (Å²) in [4.78, 5) is 9.92. The average Bonchev–Trinajstić information content (AvgIpc) is 2.33. The molecule has 0 heterocycles. The molecular weight excluding hydrogens is 239 g/mol. The van der Waals surface area contributed by atoms with E-state index in [2.05, 4.69) is 5.32 Å². The van der Waals surface area contributed by atoms with Gasteiger partial charge in [0.2, 0.25) is 0 Å². The molecule has 0 bridgehead atoms. The Morgan fingerprint density at radius 2 is 2.22 bits per heavy atom. The first-order valence-corrected chi connectivity index (χ1v) is 5.82. The largest absolute Gasteiger partial charge is 0.396 e. The lowest BCUT2D eigenvalue weighted by atomic mass is 10.1. The first-order valence-electron chi connectivity index (χ1n) is 5.82. The molecule has 0 saturated carbocycles. The fourth-order valence-electron chi connectivity index (χ4n) is 1.56. The van der Waals surface area contributed by atoms with Crippen LogP contribution in [-0.2, 0) is 0 Å². The van der Waals surface area contributed by atoms with Crippen molar-refractivity contribution in [1.82, 2.24) is 0 Å². The summed E-state index contributed by atoms with van der Waals surface area (Å²) < 4.78 is 13.1. The summed E-state index contributed by atoms with van der Waals surface area (Å²) >= 11 is 0. The summed E-state index contributed by atoms with van der Waals surface area (Å²) in [6.45, 7) is 2.67. The van der Waals surface area contributed by atoms with Crippen LogP contribution in [-0.4, -0.2) is 23.2 Å². The van der Waals surface area contributed by atoms with E-state index in [1.54, 1.807) is 0 Å². The van der Waals surface area contributed by atoms with Crippen LogP contribution < -0.4 is 5.32 Å². The number of rotatable bonds is 7. The van der Waals surface area contributed by atoms with Crippen LogP contribution in [0.4, 0.5) is 15.8 Å². The summed E-state index contributed by atoms with van der Waals surface area (Å²) in [5.74, 6) is -0.399. The number of nitro benzene ring substituents is 1. The molecule has 6 heteroatoms. The van der Waals surface area contributed by atoms with E-state index in [1.807, 2.05) is 6.92 Å². The molecule has 0 aromatic heterocycles. The maximum atomic E-state index is 13.1. The lowest BCUT2D eigenvalue weighted by Gasteiger charge is -2.09. The Labute approximate surface area is 105 Å². The van der Waals surface area contributed by atoms with Crippen molar-refractivity contribution in [2.24, 2.45) is 5.92 Å². The third-order valence-electron chi connectivity index (χ3n) is 2.61. The Morgan fingerprint density at radius 1 is 1.50 bits per heavy atom. The van der Waals surface area contributed by atoms with Gasteiger partial charge >= 0.3 is 0 Å². The van der Waals surface area contributed by atoms with Gasteiger partial charge in [0, 0.05) is 24.9 Å². The third kappa shape index (κ3) is 4.67. The number of halogens is 1. The van der Waals surface area contributed by atoms with Gasteiger partial charge in [-0.1, -0.05) is 6.92 Å². The number of non-ortho nitro benzene ring substituents is 1.